The summed E-state index contributed by atoms with van der Waals surface area (Å²) in [6.07, 6.45) is 0. The van der Waals surface area contributed by atoms with Crippen LogP contribution in [0.1, 0.15) is 0 Å². The zero-order valence-electron chi connectivity index (χ0n) is 30.9. The monoisotopic (exact) mass is 758 g/mol. The van der Waals surface area contributed by atoms with Crippen LogP contribution in [0.4, 0.5) is 0 Å². The zero-order valence-corrected chi connectivity index (χ0v) is 31.7. The third-order valence-corrected chi connectivity index (χ3v) is 12.9. The molecule has 6 heteroatoms. The molecule has 0 bridgehead atoms. The van der Waals surface area contributed by atoms with Crippen LogP contribution in [0.2, 0.25) is 0 Å². The predicted molar refractivity (Wildman–Crippen MR) is 242 cm³/mol. The molecule has 0 aliphatic heterocycles. The van der Waals surface area contributed by atoms with Crippen molar-refractivity contribution in [2.45, 2.75) is 0 Å². The van der Waals surface area contributed by atoms with Gasteiger partial charge in [-0.25, -0.2) is 9.97 Å². The summed E-state index contributed by atoms with van der Waals surface area (Å²) in [5, 5.41) is 8.16. The molecule has 0 radical (unpaired) electrons. The van der Waals surface area contributed by atoms with Crippen molar-refractivity contribution in [1.29, 1.82) is 0 Å². The lowest BCUT2D eigenvalue weighted by Gasteiger charge is -2.10. The summed E-state index contributed by atoms with van der Waals surface area (Å²) in [6, 6.07) is 64.8. The quantitative estimate of drug-likeness (QED) is 0.180. The third kappa shape index (κ3) is 4.52. The van der Waals surface area contributed by atoms with Gasteiger partial charge in [-0.15, -0.1) is 11.3 Å². The molecule has 0 unspecified atom stereocenters. The number of para-hydroxylation sites is 3. The molecule has 5 heterocycles. The summed E-state index contributed by atoms with van der Waals surface area (Å²) in [4.78, 5) is 10.7. The normalized spacial score (nSPS) is 12.1. The first-order chi connectivity index (χ1) is 28.7. The number of benzene rings is 8. The van der Waals surface area contributed by atoms with Gasteiger partial charge in [0.15, 0.2) is 0 Å². The Bertz CT molecular complexity index is 3810. The number of aromatic nitrogens is 4. The highest BCUT2D eigenvalue weighted by Crippen LogP contribution is 2.42. The number of fused-ring (bicyclic) bond motifs is 12. The molecule has 0 amide bonds. The lowest BCUT2D eigenvalue weighted by molar-refractivity contribution is 0.668. The molecule has 8 aromatic carbocycles. The Balaban J connectivity index is 0.993. The van der Waals surface area contributed by atoms with E-state index >= 15 is 0 Å². The van der Waals surface area contributed by atoms with Crippen LogP contribution in [-0.4, -0.2) is 19.1 Å². The van der Waals surface area contributed by atoms with E-state index in [4.69, 9.17) is 14.4 Å². The fourth-order valence-corrected chi connectivity index (χ4v) is 10.3. The Morgan fingerprint density at radius 1 is 0.397 bits per heavy atom. The molecule has 0 N–H and O–H groups in total. The Labute approximate surface area is 335 Å². The summed E-state index contributed by atoms with van der Waals surface area (Å²) in [5.41, 5.74) is 12.7. The van der Waals surface area contributed by atoms with E-state index in [1.54, 1.807) is 11.3 Å². The molecule has 0 aliphatic rings. The maximum absolute atomic E-state index is 6.32. The van der Waals surface area contributed by atoms with Gasteiger partial charge in [0.25, 0.3) is 0 Å². The molecule has 5 nitrogen and oxygen atoms in total. The van der Waals surface area contributed by atoms with Crippen LogP contribution < -0.4 is 0 Å². The second-order valence-corrected chi connectivity index (χ2v) is 16.0. The van der Waals surface area contributed by atoms with E-state index in [1.165, 1.54) is 15.5 Å². The first kappa shape index (κ1) is 31.6. The minimum atomic E-state index is 0.670. The summed E-state index contributed by atoms with van der Waals surface area (Å²) in [5.74, 6) is 0.670. The Morgan fingerprint density at radius 3 is 1.74 bits per heavy atom. The van der Waals surface area contributed by atoms with E-state index < -0.39 is 0 Å². The summed E-state index contributed by atoms with van der Waals surface area (Å²) in [7, 11) is 0. The number of hydrogen-bond acceptors (Lipinski definition) is 4. The average molecular weight is 759 g/mol. The first-order valence-electron chi connectivity index (χ1n) is 19.5. The van der Waals surface area contributed by atoms with Crippen LogP contribution in [-0.2, 0) is 0 Å². The second kappa shape index (κ2) is 12.0. The van der Waals surface area contributed by atoms with Crippen molar-refractivity contribution in [3.63, 3.8) is 0 Å². The van der Waals surface area contributed by atoms with Crippen LogP contribution >= 0.6 is 11.3 Å². The van der Waals surface area contributed by atoms with E-state index in [9.17, 15) is 0 Å². The van der Waals surface area contributed by atoms with Gasteiger partial charge in [-0.2, -0.15) is 0 Å². The van der Waals surface area contributed by atoms with Crippen LogP contribution in [0, 0.1) is 0 Å². The Morgan fingerprint density at radius 2 is 0.983 bits per heavy atom. The molecule has 0 fully saturated rings. The molecule has 13 rings (SSSR count). The summed E-state index contributed by atoms with van der Waals surface area (Å²) >= 11 is 1.76. The lowest BCUT2D eigenvalue weighted by Crippen LogP contribution is -2.02. The Kier molecular flexibility index (Phi) is 6.54. The molecule has 0 aliphatic carbocycles. The van der Waals surface area contributed by atoms with Gasteiger partial charge >= 0.3 is 0 Å². The molecular formula is C52H30N4OS. The van der Waals surface area contributed by atoms with Crippen LogP contribution in [0.5, 0.6) is 0 Å². The van der Waals surface area contributed by atoms with Gasteiger partial charge in [-0.3, -0.25) is 4.57 Å². The van der Waals surface area contributed by atoms with Gasteiger partial charge in [-0.1, -0.05) is 115 Å². The van der Waals surface area contributed by atoms with Gasteiger partial charge in [0, 0.05) is 59.7 Å². The maximum Gasteiger partial charge on any atom is 0.235 e. The molecule has 270 valence electrons. The topological polar surface area (TPSA) is 48.8 Å². The molecule has 5 aromatic heterocycles. The molecule has 0 saturated carbocycles. The fourth-order valence-electron chi connectivity index (χ4n) is 9.12. The van der Waals surface area contributed by atoms with Gasteiger partial charge in [-0.05, 0) is 71.8 Å². The molecule has 0 saturated heterocycles. The number of nitrogens with zero attached hydrogens (tertiary/aromatic N) is 4. The molecule has 13 aromatic rings. The van der Waals surface area contributed by atoms with Crippen molar-refractivity contribution in [1.82, 2.24) is 19.1 Å². The molecule has 0 atom stereocenters. The van der Waals surface area contributed by atoms with Crippen molar-refractivity contribution in [2.75, 3.05) is 0 Å². The van der Waals surface area contributed by atoms with Crippen molar-refractivity contribution >= 4 is 97.2 Å². The van der Waals surface area contributed by atoms with E-state index in [2.05, 4.69) is 179 Å². The van der Waals surface area contributed by atoms with Crippen LogP contribution in [0.3, 0.4) is 0 Å². The van der Waals surface area contributed by atoms with Gasteiger partial charge in [0.2, 0.25) is 5.95 Å². The number of hydrogen-bond donors (Lipinski definition) is 0. The molecular weight excluding hydrogens is 729 g/mol. The van der Waals surface area contributed by atoms with Crippen molar-refractivity contribution in [2.24, 2.45) is 0 Å². The zero-order chi connectivity index (χ0) is 37.9. The highest BCUT2D eigenvalue weighted by molar-refractivity contribution is 7.26. The van der Waals surface area contributed by atoms with E-state index in [0.717, 1.165) is 98.5 Å². The van der Waals surface area contributed by atoms with Crippen molar-refractivity contribution in [3.05, 3.63) is 182 Å². The maximum atomic E-state index is 6.32. The Hall–Kier alpha value is -7.54. The highest BCUT2D eigenvalue weighted by atomic mass is 32.1. The first-order valence-corrected chi connectivity index (χ1v) is 20.3. The fraction of sp³-hybridized carbons (Fsp3) is 0. The van der Waals surface area contributed by atoms with Gasteiger partial charge in [0.05, 0.1) is 38.0 Å². The average Bonchev–Trinajstić information content (AvgIpc) is 4.03. The number of furan rings is 1. The van der Waals surface area contributed by atoms with Crippen LogP contribution in [0.25, 0.3) is 120 Å². The molecule has 58 heavy (non-hydrogen) atoms. The summed E-state index contributed by atoms with van der Waals surface area (Å²) in [6.45, 7) is 0. The highest BCUT2D eigenvalue weighted by Gasteiger charge is 2.21. The van der Waals surface area contributed by atoms with E-state index in [0.29, 0.717) is 5.95 Å². The number of rotatable bonds is 4. The lowest BCUT2D eigenvalue weighted by atomic mass is 10.0. The van der Waals surface area contributed by atoms with Gasteiger partial charge < -0.3 is 8.98 Å². The molecule has 0 spiro atoms. The van der Waals surface area contributed by atoms with Crippen LogP contribution in [0.15, 0.2) is 186 Å². The number of thiophene rings is 1. The van der Waals surface area contributed by atoms with Crippen molar-refractivity contribution < 1.29 is 4.42 Å². The minimum Gasteiger partial charge on any atom is -0.456 e. The SMILES string of the molecule is c1ccc(-c2nc(-n3c4ccccc4c4cc(-c5ccc6c(c5)c5ccccc5n6-c5ccc6c(c5)oc5ccccc56)ccc43)nc3c2sc2ccccc23)cc1. The summed E-state index contributed by atoms with van der Waals surface area (Å²) < 4.78 is 13.2. The second-order valence-electron chi connectivity index (χ2n) is 15.0. The largest absolute Gasteiger partial charge is 0.456 e. The standard InChI is InChI=1S/C52H30N4OS/c1-2-12-31(13-3-1)49-51-50(39-17-7-11-21-48(39)58-51)54-52(53-49)56-43-19-9-5-15-36(43)41-29-33(23-27-45(41)56)32-22-26-44-40(28-32)35-14-4-8-18-42(35)55(44)34-24-25-38-37-16-6-10-20-46(37)57-47(38)30-34/h1-30H. The third-order valence-electron chi connectivity index (χ3n) is 11.8. The van der Waals surface area contributed by atoms with Crippen molar-refractivity contribution in [3.8, 4) is 34.0 Å². The van der Waals surface area contributed by atoms with Gasteiger partial charge in [0.1, 0.15) is 11.2 Å². The van der Waals surface area contributed by atoms with E-state index in [-0.39, 0.29) is 0 Å². The smallest absolute Gasteiger partial charge is 0.235 e. The minimum absolute atomic E-state index is 0.670. The predicted octanol–water partition coefficient (Wildman–Crippen LogP) is 14.3. The van der Waals surface area contributed by atoms with E-state index in [1.807, 2.05) is 12.1 Å².